The summed E-state index contributed by atoms with van der Waals surface area (Å²) in [5.74, 6) is 0. The number of hydrogen-bond donors (Lipinski definition) is 1. The zero-order valence-corrected chi connectivity index (χ0v) is 23.0. The minimum Gasteiger partial charge on any atom is -0.390 e. The Morgan fingerprint density at radius 3 is 2.31 bits per heavy atom. The van der Waals surface area contributed by atoms with E-state index >= 15 is 0 Å². The van der Waals surface area contributed by atoms with Gasteiger partial charge < -0.3 is 9.67 Å². The van der Waals surface area contributed by atoms with Crippen LogP contribution in [-0.2, 0) is 16.6 Å². The Balaban J connectivity index is 1.68. The van der Waals surface area contributed by atoms with Crippen molar-refractivity contribution in [3.63, 3.8) is 0 Å². The molecule has 1 heterocycles. The van der Waals surface area contributed by atoms with Crippen LogP contribution in [0.5, 0.6) is 0 Å². The van der Waals surface area contributed by atoms with E-state index in [1.165, 1.54) is 11.4 Å². The molecule has 1 aromatic heterocycles. The minimum atomic E-state index is -3.69. The molecule has 0 aliphatic rings. The molecule has 0 aliphatic carbocycles. The normalized spacial score (nSPS) is 13.3. The Morgan fingerprint density at radius 1 is 0.969 bits per heavy atom. The molecule has 0 spiro atoms. The van der Waals surface area contributed by atoms with Crippen LogP contribution < -0.4 is 0 Å². The van der Waals surface area contributed by atoms with Crippen LogP contribution in [0.3, 0.4) is 0 Å². The third-order valence-corrected chi connectivity index (χ3v) is 8.82. The Kier molecular flexibility index (Phi) is 6.87. The first-order valence-electron chi connectivity index (χ1n) is 9.85. The average Bonchev–Trinajstić information content (AvgIpc) is 3.01. The van der Waals surface area contributed by atoms with Gasteiger partial charge in [0.15, 0.2) is 0 Å². The number of hydrogen-bond acceptors (Lipinski definition) is 3. The molecule has 0 fully saturated rings. The zero-order valence-electron chi connectivity index (χ0n) is 17.4. The highest BCUT2D eigenvalue weighted by molar-refractivity contribution is 9.11. The number of nitrogens with zero attached hydrogens (tertiary/aromatic N) is 2. The summed E-state index contributed by atoms with van der Waals surface area (Å²) in [7, 11) is -2.20. The maximum atomic E-state index is 12.9. The standard InChI is InChI=1S/C23H21Br3N2O3S/c1-14-3-6-18(7-4-14)32(30,31)27(2)12-17(29)13-28-22-8-5-15(24)9-19(22)20-10-16(25)11-21(26)23(20)28/h3-11,17,29H,12-13H2,1-2H3. The lowest BCUT2D eigenvalue weighted by molar-refractivity contribution is 0.136. The number of sulfonamides is 1. The molecule has 0 saturated carbocycles. The topological polar surface area (TPSA) is 62.5 Å². The highest BCUT2D eigenvalue weighted by Gasteiger charge is 2.24. The molecule has 0 radical (unpaired) electrons. The van der Waals surface area contributed by atoms with E-state index < -0.39 is 16.1 Å². The summed E-state index contributed by atoms with van der Waals surface area (Å²) < 4.78 is 31.9. The molecular weight excluding hydrogens is 624 g/mol. The van der Waals surface area contributed by atoms with Crippen LogP contribution in [0.1, 0.15) is 5.56 Å². The van der Waals surface area contributed by atoms with Crippen LogP contribution in [-0.4, -0.2) is 42.1 Å². The largest absolute Gasteiger partial charge is 0.390 e. The summed E-state index contributed by atoms with van der Waals surface area (Å²) in [4.78, 5) is 0.215. The SMILES string of the molecule is Cc1ccc(S(=O)(=O)N(C)CC(O)Cn2c3ccc(Br)cc3c3cc(Br)cc(Br)c32)cc1. The second-order valence-electron chi connectivity index (χ2n) is 7.81. The molecular formula is C23H21Br3N2O3S. The van der Waals surface area contributed by atoms with Crippen LogP contribution in [0.2, 0.25) is 0 Å². The zero-order chi connectivity index (χ0) is 23.2. The van der Waals surface area contributed by atoms with Crippen LogP contribution in [0.25, 0.3) is 21.8 Å². The Labute approximate surface area is 212 Å². The Hall–Kier alpha value is -1.23. The minimum absolute atomic E-state index is 0.0257. The summed E-state index contributed by atoms with van der Waals surface area (Å²) >= 11 is 10.7. The second kappa shape index (κ2) is 9.19. The molecule has 1 unspecified atom stereocenters. The van der Waals surface area contributed by atoms with Crippen molar-refractivity contribution in [1.82, 2.24) is 8.87 Å². The lowest BCUT2D eigenvalue weighted by Gasteiger charge is -2.22. The van der Waals surface area contributed by atoms with Crippen molar-refractivity contribution >= 4 is 79.6 Å². The molecule has 3 aromatic carbocycles. The molecule has 168 valence electrons. The third kappa shape index (κ3) is 4.56. The van der Waals surface area contributed by atoms with E-state index in [-0.39, 0.29) is 18.0 Å². The smallest absolute Gasteiger partial charge is 0.242 e. The first kappa shape index (κ1) is 23.9. The lowest BCUT2D eigenvalue weighted by atomic mass is 10.2. The molecule has 9 heteroatoms. The van der Waals surface area contributed by atoms with E-state index in [0.717, 1.165) is 40.8 Å². The van der Waals surface area contributed by atoms with Crippen molar-refractivity contribution < 1.29 is 13.5 Å². The third-order valence-electron chi connectivity index (χ3n) is 5.43. The summed E-state index contributed by atoms with van der Waals surface area (Å²) in [6, 6.07) is 16.7. The predicted molar refractivity (Wildman–Crippen MR) is 140 cm³/mol. The van der Waals surface area contributed by atoms with Crippen molar-refractivity contribution in [3.05, 3.63) is 73.6 Å². The number of aliphatic hydroxyl groups excluding tert-OH is 1. The van der Waals surface area contributed by atoms with Crippen LogP contribution in [0, 0.1) is 6.92 Å². The highest BCUT2D eigenvalue weighted by Crippen LogP contribution is 2.37. The van der Waals surface area contributed by atoms with Gasteiger partial charge in [-0.05, 0) is 65.3 Å². The van der Waals surface area contributed by atoms with Crippen LogP contribution in [0.4, 0.5) is 0 Å². The fourth-order valence-electron chi connectivity index (χ4n) is 3.87. The summed E-state index contributed by atoms with van der Waals surface area (Å²) in [6.45, 7) is 2.13. The Morgan fingerprint density at radius 2 is 1.62 bits per heavy atom. The molecule has 0 amide bonds. The summed E-state index contributed by atoms with van der Waals surface area (Å²) in [6.07, 6.45) is -0.904. The van der Waals surface area contributed by atoms with Crippen molar-refractivity contribution in [2.45, 2.75) is 24.5 Å². The van der Waals surface area contributed by atoms with Gasteiger partial charge in [-0.1, -0.05) is 49.6 Å². The van der Waals surface area contributed by atoms with Crippen molar-refractivity contribution in [3.8, 4) is 0 Å². The molecule has 32 heavy (non-hydrogen) atoms. The summed E-state index contributed by atoms with van der Waals surface area (Å²) in [5.41, 5.74) is 2.90. The molecule has 1 atom stereocenters. The van der Waals surface area contributed by atoms with E-state index in [1.807, 2.05) is 41.8 Å². The molecule has 1 N–H and O–H groups in total. The number of benzene rings is 3. The molecule has 0 saturated heterocycles. The van der Waals surface area contributed by atoms with Crippen molar-refractivity contribution in [2.24, 2.45) is 0 Å². The van der Waals surface area contributed by atoms with Crippen LogP contribution in [0.15, 0.2) is 72.9 Å². The number of fused-ring (bicyclic) bond motifs is 3. The van der Waals surface area contributed by atoms with E-state index in [4.69, 9.17) is 0 Å². The fourth-order valence-corrected chi connectivity index (χ4v) is 6.88. The first-order chi connectivity index (χ1) is 15.1. The van der Waals surface area contributed by atoms with E-state index in [2.05, 4.69) is 47.8 Å². The lowest BCUT2D eigenvalue weighted by Crippen LogP contribution is -2.36. The quantitative estimate of drug-likeness (QED) is 0.277. The molecule has 0 bridgehead atoms. The molecule has 4 rings (SSSR count). The average molecular weight is 645 g/mol. The van der Waals surface area contributed by atoms with Gasteiger partial charge in [0.25, 0.3) is 0 Å². The summed E-state index contributed by atoms with van der Waals surface area (Å²) in [5, 5.41) is 13.0. The molecule has 4 aromatic rings. The van der Waals surface area contributed by atoms with Gasteiger partial charge in [0, 0.05) is 43.3 Å². The maximum absolute atomic E-state index is 12.9. The highest BCUT2D eigenvalue weighted by atomic mass is 79.9. The number of aromatic nitrogens is 1. The fraction of sp³-hybridized carbons (Fsp3) is 0.217. The second-order valence-corrected chi connectivity index (χ2v) is 12.5. The van der Waals surface area contributed by atoms with Gasteiger partial charge >= 0.3 is 0 Å². The van der Waals surface area contributed by atoms with E-state index in [0.29, 0.717) is 0 Å². The van der Waals surface area contributed by atoms with E-state index in [9.17, 15) is 13.5 Å². The number of halogens is 3. The van der Waals surface area contributed by atoms with Gasteiger partial charge in [0.05, 0.1) is 23.1 Å². The molecule has 0 aliphatic heterocycles. The van der Waals surface area contributed by atoms with Gasteiger partial charge in [-0.15, -0.1) is 0 Å². The van der Waals surface area contributed by atoms with E-state index in [1.54, 1.807) is 24.3 Å². The number of likely N-dealkylation sites (N-methyl/N-ethyl adjacent to an activating group) is 1. The van der Waals surface area contributed by atoms with Crippen LogP contribution >= 0.6 is 47.8 Å². The van der Waals surface area contributed by atoms with Gasteiger partial charge in [-0.2, -0.15) is 4.31 Å². The van der Waals surface area contributed by atoms with Gasteiger partial charge in [-0.25, -0.2) is 8.42 Å². The van der Waals surface area contributed by atoms with Gasteiger partial charge in [0.2, 0.25) is 10.0 Å². The monoisotopic (exact) mass is 642 g/mol. The number of aliphatic hydroxyl groups is 1. The van der Waals surface area contributed by atoms with Crippen molar-refractivity contribution in [2.75, 3.05) is 13.6 Å². The number of rotatable bonds is 6. The van der Waals surface area contributed by atoms with Gasteiger partial charge in [0.1, 0.15) is 0 Å². The Bertz CT molecular complexity index is 1420. The number of aryl methyl sites for hydroxylation is 1. The maximum Gasteiger partial charge on any atom is 0.242 e. The predicted octanol–water partition coefficient (Wildman–Crippen LogP) is 6.07. The van der Waals surface area contributed by atoms with Crippen molar-refractivity contribution in [1.29, 1.82) is 0 Å². The first-order valence-corrected chi connectivity index (χ1v) is 13.7. The van der Waals surface area contributed by atoms with Gasteiger partial charge in [-0.3, -0.25) is 0 Å². The molecule has 5 nitrogen and oxygen atoms in total.